The number of carbonyl (C=O) groups is 2. The monoisotopic (exact) mass is 234 g/mol. The molecule has 0 bridgehead atoms. The SMILES string of the molecule is Cc1cc(C)nc(NC2CCC(=O)NC2=O)n1. The Morgan fingerprint density at radius 1 is 1.29 bits per heavy atom. The van der Waals surface area contributed by atoms with Gasteiger partial charge in [0.1, 0.15) is 6.04 Å². The first kappa shape index (κ1) is 11.5. The van der Waals surface area contributed by atoms with Crippen molar-refractivity contribution < 1.29 is 9.59 Å². The van der Waals surface area contributed by atoms with Gasteiger partial charge in [-0.05, 0) is 26.3 Å². The first-order valence-corrected chi connectivity index (χ1v) is 5.47. The second-order valence-corrected chi connectivity index (χ2v) is 4.12. The highest BCUT2D eigenvalue weighted by molar-refractivity contribution is 6.01. The molecule has 0 aromatic carbocycles. The molecular weight excluding hydrogens is 220 g/mol. The van der Waals surface area contributed by atoms with Crippen molar-refractivity contribution in [1.29, 1.82) is 0 Å². The van der Waals surface area contributed by atoms with Crippen LogP contribution in [0.2, 0.25) is 0 Å². The molecule has 1 unspecified atom stereocenters. The number of nitrogens with one attached hydrogen (secondary N) is 2. The minimum atomic E-state index is -0.436. The van der Waals surface area contributed by atoms with Gasteiger partial charge in [0.15, 0.2) is 0 Å². The minimum absolute atomic E-state index is 0.227. The van der Waals surface area contributed by atoms with Crippen LogP contribution in [0.1, 0.15) is 24.2 Å². The molecule has 1 aromatic rings. The molecule has 6 nitrogen and oxygen atoms in total. The summed E-state index contributed by atoms with van der Waals surface area (Å²) in [5.74, 6) is -0.115. The summed E-state index contributed by atoms with van der Waals surface area (Å²) in [6.45, 7) is 3.73. The highest BCUT2D eigenvalue weighted by atomic mass is 16.2. The van der Waals surface area contributed by atoms with Crippen LogP contribution in [0.5, 0.6) is 0 Å². The number of nitrogens with zero attached hydrogens (tertiary/aromatic N) is 2. The third-order valence-electron chi connectivity index (χ3n) is 2.52. The van der Waals surface area contributed by atoms with E-state index in [1.54, 1.807) is 0 Å². The Morgan fingerprint density at radius 3 is 2.53 bits per heavy atom. The lowest BCUT2D eigenvalue weighted by atomic mass is 10.1. The average Bonchev–Trinajstić information content (AvgIpc) is 2.21. The summed E-state index contributed by atoms with van der Waals surface area (Å²) in [4.78, 5) is 30.9. The van der Waals surface area contributed by atoms with Crippen LogP contribution in [0.3, 0.4) is 0 Å². The van der Waals surface area contributed by atoms with Crippen LogP contribution in [-0.2, 0) is 9.59 Å². The summed E-state index contributed by atoms with van der Waals surface area (Å²) in [5.41, 5.74) is 1.68. The van der Waals surface area contributed by atoms with Crippen molar-refractivity contribution in [2.75, 3.05) is 5.32 Å². The Kier molecular flexibility index (Phi) is 3.03. The van der Waals surface area contributed by atoms with Crippen molar-refractivity contribution in [2.45, 2.75) is 32.7 Å². The van der Waals surface area contributed by atoms with Crippen molar-refractivity contribution in [3.63, 3.8) is 0 Å². The lowest BCUT2D eigenvalue weighted by Gasteiger charge is -2.21. The number of aryl methyl sites for hydroxylation is 2. The van der Waals surface area contributed by atoms with Gasteiger partial charge in [-0.15, -0.1) is 0 Å². The maximum Gasteiger partial charge on any atom is 0.249 e. The fourth-order valence-electron chi connectivity index (χ4n) is 1.78. The molecule has 17 heavy (non-hydrogen) atoms. The largest absolute Gasteiger partial charge is 0.342 e. The molecule has 1 fully saturated rings. The molecule has 2 heterocycles. The maximum absolute atomic E-state index is 11.5. The highest BCUT2D eigenvalue weighted by Gasteiger charge is 2.26. The normalized spacial score (nSPS) is 20.0. The summed E-state index contributed by atoms with van der Waals surface area (Å²) >= 11 is 0. The second kappa shape index (κ2) is 4.48. The molecule has 0 radical (unpaired) electrons. The van der Waals surface area contributed by atoms with Crippen LogP contribution in [-0.4, -0.2) is 27.8 Å². The molecule has 2 amide bonds. The summed E-state index contributed by atoms with van der Waals surface area (Å²) < 4.78 is 0. The van der Waals surface area contributed by atoms with Gasteiger partial charge in [0.2, 0.25) is 17.8 Å². The molecule has 1 aliphatic heterocycles. The van der Waals surface area contributed by atoms with E-state index in [1.807, 2.05) is 19.9 Å². The first-order valence-electron chi connectivity index (χ1n) is 5.47. The Hall–Kier alpha value is -1.98. The lowest BCUT2D eigenvalue weighted by molar-refractivity contribution is -0.133. The van der Waals surface area contributed by atoms with Gasteiger partial charge < -0.3 is 5.32 Å². The fourth-order valence-corrected chi connectivity index (χ4v) is 1.78. The Bertz CT molecular complexity index is 452. The van der Waals surface area contributed by atoms with Crippen molar-refractivity contribution in [2.24, 2.45) is 0 Å². The number of aromatic nitrogens is 2. The van der Waals surface area contributed by atoms with E-state index in [-0.39, 0.29) is 11.8 Å². The van der Waals surface area contributed by atoms with Crippen molar-refractivity contribution in [1.82, 2.24) is 15.3 Å². The molecule has 90 valence electrons. The molecule has 1 aromatic heterocycles. The topological polar surface area (TPSA) is 84.0 Å². The molecule has 6 heteroatoms. The van der Waals surface area contributed by atoms with E-state index < -0.39 is 6.04 Å². The number of rotatable bonds is 2. The number of carbonyl (C=O) groups excluding carboxylic acids is 2. The van der Waals surface area contributed by atoms with Gasteiger partial charge in [-0.1, -0.05) is 0 Å². The zero-order valence-corrected chi connectivity index (χ0v) is 9.78. The van der Waals surface area contributed by atoms with E-state index in [4.69, 9.17) is 0 Å². The number of amides is 2. The maximum atomic E-state index is 11.5. The van der Waals surface area contributed by atoms with Gasteiger partial charge in [-0.25, -0.2) is 9.97 Å². The number of hydrogen-bond donors (Lipinski definition) is 2. The molecule has 0 spiro atoms. The van der Waals surface area contributed by atoms with Gasteiger partial charge in [0, 0.05) is 17.8 Å². The van der Waals surface area contributed by atoms with Crippen LogP contribution >= 0.6 is 0 Å². The number of piperidine rings is 1. The van der Waals surface area contributed by atoms with Gasteiger partial charge in [0.05, 0.1) is 0 Å². The second-order valence-electron chi connectivity index (χ2n) is 4.12. The van der Waals surface area contributed by atoms with Crippen LogP contribution in [0, 0.1) is 13.8 Å². The van der Waals surface area contributed by atoms with Gasteiger partial charge in [-0.3, -0.25) is 14.9 Å². The molecule has 2 N–H and O–H groups in total. The van der Waals surface area contributed by atoms with Gasteiger partial charge >= 0.3 is 0 Å². The van der Waals surface area contributed by atoms with Crippen molar-refractivity contribution >= 4 is 17.8 Å². The minimum Gasteiger partial charge on any atom is -0.342 e. The zero-order valence-electron chi connectivity index (χ0n) is 9.78. The predicted octanol–water partition coefficient (Wildman–Crippen LogP) is 0.311. The van der Waals surface area contributed by atoms with Gasteiger partial charge in [-0.2, -0.15) is 0 Å². The summed E-state index contributed by atoms with van der Waals surface area (Å²) in [7, 11) is 0. The average molecular weight is 234 g/mol. The fraction of sp³-hybridized carbons (Fsp3) is 0.455. The van der Waals surface area contributed by atoms with E-state index in [2.05, 4.69) is 20.6 Å². The molecule has 2 rings (SSSR count). The smallest absolute Gasteiger partial charge is 0.249 e. The third-order valence-corrected chi connectivity index (χ3v) is 2.52. The summed E-state index contributed by atoms with van der Waals surface area (Å²) in [5, 5.41) is 5.23. The third kappa shape index (κ3) is 2.77. The molecule has 0 aliphatic carbocycles. The quantitative estimate of drug-likeness (QED) is 0.719. The highest BCUT2D eigenvalue weighted by Crippen LogP contribution is 2.11. The van der Waals surface area contributed by atoms with Crippen molar-refractivity contribution in [3.05, 3.63) is 17.5 Å². The molecular formula is C11H14N4O2. The lowest BCUT2D eigenvalue weighted by Crippen LogP contribution is -2.47. The van der Waals surface area contributed by atoms with Crippen LogP contribution < -0.4 is 10.6 Å². The van der Waals surface area contributed by atoms with Crippen LogP contribution in [0.25, 0.3) is 0 Å². The Morgan fingerprint density at radius 2 is 1.94 bits per heavy atom. The number of hydrogen-bond acceptors (Lipinski definition) is 5. The molecule has 1 saturated heterocycles. The van der Waals surface area contributed by atoms with E-state index in [0.717, 1.165) is 11.4 Å². The number of anilines is 1. The Balaban J connectivity index is 2.10. The Labute approximate surface area is 98.8 Å². The molecule has 1 aliphatic rings. The molecule has 1 atom stereocenters. The molecule has 0 saturated carbocycles. The summed E-state index contributed by atoms with van der Waals surface area (Å²) in [6, 6.07) is 1.42. The standard InChI is InChI=1S/C11H14N4O2/c1-6-5-7(2)13-11(12-6)14-8-3-4-9(16)15-10(8)17/h5,8H,3-4H2,1-2H3,(H,12,13,14)(H,15,16,17). The van der Waals surface area contributed by atoms with E-state index >= 15 is 0 Å². The van der Waals surface area contributed by atoms with Gasteiger partial charge in [0.25, 0.3) is 0 Å². The number of imide groups is 1. The zero-order chi connectivity index (χ0) is 12.4. The van der Waals surface area contributed by atoms with Crippen molar-refractivity contribution in [3.8, 4) is 0 Å². The van der Waals surface area contributed by atoms with E-state index in [1.165, 1.54) is 0 Å². The van der Waals surface area contributed by atoms with E-state index in [0.29, 0.717) is 18.8 Å². The van der Waals surface area contributed by atoms with E-state index in [9.17, 15) is 9.59 Å². The summed E-state index contributed by atoms with van der Waals surface area (Å²) in [6.07, 6.45) is 0.815. The predicted molar refractivity (Wildman–Crippen MR) is 61.3 cm³/mol. The van der Waals surface area contributed by atoms with Crippen LogP contribution in [0.15, 0.2) is 6.07 Å². The van der Waals surface area contributed by atoms with Crippen LogP contribution in [0.4, 0.5) is 5.95 Å². The first-order chi connectivity index (χ1) is 8.04.